The third-order valence-electron chi connectivity index (χ3n) is 4.06. The number of piperidine rings is 1. The molecule has 0 saturated carbocycles. The number of aliphatic carboxylic acids is 1. The molecule has 6 heteroatoms. The van der Waals surface area contributed by atoms with E-state index in [-0.39, 0.29) is 36.3 Å². The molecule has 1 saturated heterocycles. The van der Waals surface area contributed by atoms with Gasteiger partial charge >= 0.3 is 5.97 Å². The molecule has 0 aromatic carbocycles. The first kappa shape index (κ1) is 19.2. The Hall–Kier alpha value is -0.810. The normalized spacial score (nSPS) is 21.1. The van der Waals surface area contributed by atoms with E-state index in [1.54, 1.807) is 0 Å². The highest BCUT2D eigenvalue weighted by Crippen LogP contribution is 2.18. The minimum absolute atomic E-state index is 0. The predicted molar refractivity (Wildman–Crippen MR) is 81.2 cm³/mol. The molecule has 1 heterocycles. The summed E-state index contributed by atoms with van der Waals surface area (Å²) in [6.45, 7) is 7.26. The number of carbonyl (C=O) groups excluding carboxylic acids is 1. The van der Waals surface area contributed by atoms with Crippen molar-refractivity contribution < 1.29 is 14.7 Å². The number of likely N-dealkylation sites (tertiary alicyclic amines) is 1. The first-order chi connectivity index (χ1) is 8.99. The molecule has 1 fully saturated rings. The molecule has 1 rings (SSSR count). The summed E-state index contributed by atoms with van der Waals surface area (Å²) in [6.07, 6.45) is 3.41. The lowest BCUT2D eigenvalue weighted by atomic mass is 9.97. The zero-order chi connectivity index (χ0) is 14.4. The van der Waals surface area contributed by atoms with Gasteiger partial charge in [-0.1, -0.05) is 13.8 Å². The maximum absolute atomic E-state index is 12.1. The van der Waals surface area contributed by atoms with Crippen molar-refractivity contribution in [3.05, 3.63) is 0 Å². The summed E-state index contributed by atoms with van der Waals surface area (Å²) < 4.78 is 0. The number of carbonyl (C=O) groups is 2. The van der Waals surface area contributed by atoms with Gasteiger partial charge in [-0.2, -0.15) is 0 Å². The summed E-state index contributed by atoms with van der Waals surface area (Å²) in [4.78, 5) is 25.2. The maximum atomic E-state index is 12.1. The molecular formula is C14H27ClN2O3. The second kappa shape index (κ2) is 9.19. The van der Waals surface area contributed by atoms with Crippen molar-refractivity contribution in [1.29, 1.82) is 0 Å². The topological polar surface area (TPSA) is 69.6 Å². The van der Waals surface area contributed by atoms with E-state index in [4.69, 9.17) is 5.11 Å². The Balaban J connectivity index is 0.00000361. The molecule has 0 aromatic rings. The maximum Gasteiger partial charge on any atom is 0.307 e. The highest BCUT2D eigenvalue weighted by atomic mass is 35.5. The number of hydrogen-bond acceptors (Lipinski definition) is 3. The number of nitrogens with one attached hydrogen (secondary N) is 1. The van der Waals surface area contributed by atoms with E-state index < -0.39 is 5.97 Å². The Bertz CT molecular complexity index is 322. The van der Waals surface area contributed by atoms with E-state index in [0.29, 0.717) is 13.0 Å². The standard InChI is InChI=1S/C14H26N2O3.ClH/c1-4-12(5-2)15-13(17)10(3)16-8-6-7-11(9-16)14(18)19;/h10-12H,4-9H2,1-3H3,(H,15,17)(H,18,19);1H. The molecule has 0 radical (unpaired) electrons. The van der Waals surface area contributed by atoms with E-state index in [9.17, 15) is 9.59 Å². The second-order valence-corrected chi connectivity index (χ2v) is 5.37. The third-order valence-corrected chi connectivity index (χ3v) is 4.06. The van der Waals surface area contributed by atoms with Crippen LogP contribution in [-0.4, -0.2) is 47.1 Å². The average Bonchev–Trinajstić information content (AvgIpc) is 2.43. The molecule has 118 valence electrons. The molecule has 1 amide bonds. The SMILES string of the molecule is CCC(CC)NC(=O)C(C)N1CCCC(C(=O)O)C1.Cl. The molecule has 2 unspecified atom stereocenters. The fraction of sp³-hybridized carbons (Fsp3) is 0.857. The number of nitrogens with zero attached hydrogens (tertiary/aromatic N) is 1. The highest BCUT2D eigenvalue weighted by molar-refractivity contribution is 5.85. The molecule has 0 aromatic heterocycles. The molecule has 0 spiro atoms. The summed E-state index contributed by atoms with van der Waals surface area (Å²) in [7, 11) is 0. The van der Waals surface area contributed by atoms with Crippen LogP contribution in [0.3, 0.4) is 0 Å². The number of hydrogen-bond donors (Lipinski definition) is 2. The van der Waals surface area contributed by atoms with Crippen molar-refractivity contribution in [1.82, 2.24) is 10.2 Å². The molecule has 2 atom stereocenters. The largest absolute Gasteiger partial charge is 0.481 e. The smallest absolute Gasteiger partial charge is 0.307 e. The molecular weight excluding hydrogens is 280 g/mol. The van der Waals surface area contributed by atoms with Crippen molar-refractivity contribution in [3.8, 4) is 0 Å². The van der Waals surface area contributed by atoms with Gasteiger partial charge in [-0.15, -0.1) is 12.4 Å². The molecule has 0 bridgehead atoms. The number of rotatable bonds is 6. The van der Waals surface area contributed by atoms with Crippen molar-refractivity contribution in [2.45, 2.75) is 58.5 Å². The lowest BCUT2D eigenvalue weighted by Gasteiger charge is -2.35. The predicted octanol–water partition coefficient (Wildman–Crippen LogP) is 1.90. The fourth-order valence-electron chi connectivity index (χ4n) is 2.54. The Morgan fingerprint density at radius 2 is 1.95 bits per heavy atom. The zero-order valence-corrected chi connectivity index (χ0v) is 13.4. The molecule has 2 N–H and O–H groups in total. The molecule has 20 heavy (non-hydrogen) atoms. The summed E-state index contributed by atoms with van der Waals surface area (Å²) >= 11 is 0. The van der Waals surface area contributed by atoms with Crippen LogP contribution in [0.1, 0.15) is 46.5 Å². The average molecular weight is 307 g/mol. The van der Waals surface area contributed by atoms with Gasteiger partial charge in [0.05, 0.1) is 12.0 Å². The lowest BCUT2D eigenvalue weighted by Crippen LogP contribution is -2.51. The van der Waals surface area contributed by atoms with Crippen molar-refractivity contribution in [3.63, 3.8) is 0 Å². The van der Waals surface area contributed by atoms with E-state index >= 15 is 0 Å². The molecule has 1 aliphatic rings. The Labute approximate surface area is 127 Å². The summed E-state index contributed by atoms with van der Waals surface area (Å²) in [5.74, 6) is -1.07. The van der Waals surface area contributed by atoms with Crippen LogP contribution in [0.5, 0.6) is 0 Å². The first-order valence-corrected chi connectivity index (χ1v) is 7.26. The lowest BCUT2D eigenvalue weighted by molar-refractivity contribution is -0.145. The van der Waals surface area contributed by atoms with Gasteiger partial charge in [-0.25, -0.2) is 0 Å². The van der Waals surface area contributed by atoms with E-state index in [2.05, 4.69) is 19.2 Å². The van der Waals surface area contributed by atoms with E-state index in [0.717, 1.165) is 25.8 Å². The minimum Gasteiger partial charge on any atom is -0.481 e. The summed E-state index contributed by atoms with van der Waals surface area (Å²) in [6, 6.07) is -0.0299. The van der Waals surface area contributed by atoms with Crippen LogP contribution < -0.4 is 5.32 Å². The molecule has 1 aliphatic heterocycles. The highest BCUT2D eigenvalue weighted by Gasteiger charge is 2.30. The first-order valence-electron chi connectivity index (χ1n) is 7.26. The van der Waals surface area contributed by atoms with E-state index in [1.807, 2.05) is 11.8 Å². The number of halogens is 1. The third kappa shape index (κ3) is 5.29. The van der Waals surface area contributed by atoms with Gasteiger partial charge in [0.2, 0.25) is 5.91 Å². The van der Waals surface area contributed by atoms with Crippen molar-refractivity contribution >= 4 is 24.3 Å². The Morgan fingerprint density at radius 3 is 2.45 bits per heavy atom. The Morgan fingerprint density at radius 1 is 1.35 bits per heavy atom. The summed E-state index contributed by atoms with van der Waals surface area (Å²) in [5, 5.41) is 12.1. The second-order valence-electron chi connectivity index (χ2n) is 5.37. The van der Waals surface area contributed by atoms with Gasteiger partial charge in [0, 0.05) is 12.6 Å². The number of amides is 1. The van der Waals surface area contributed by atoms with Gasteiger partial charge in [-0.05, 0) is 39.2 Å². The van der Waals surface area contributed by atoms with Crippen molar-refractivity contribution in [2.24, 2.45) is 5.92 Å². The van der Waals surface area contributed by atoms with Gasteiger partial charge in [0.25, 0.3) is 0 Å². The van der Waals surface area contributed by atoms with Crippen LogP contribution in [0.25, 0.3) is 0 Å². The van der Waals surface area contributed by atoms with Crippen LogP contribution >= 0.6 is 12.4 Å². The number of carboxylic acid groups (broad SMARTS) is 1. The van der Waals surface area contributed by atoms with Crippen LogP contribution in [0.15, 0.2) is 0 Å². The Kier molecular flexibility index (Phi) is 8.81. The number of carboxylic acids is 1. The van der Waals surface area contributed by atoms with Gasteiger partial charge < -0.3 is 10.4 Å². The monoisotopic (exact) mass is 306 g/mol. The van der Waals surface area contributed by atoms with Crippen LogP contribution in [0.2, 0.25) is 0 Å². The quantitative estimate of drug-likeness (QED) is 0.786. The van der Waals surface area contributed by atoms with Gasteiger partial charge in [0.15, 0.2) is 0 Å². The van der Waals surface area contributed by atoms with Crippen LogP contribution in [0, 0.1) is 5.92 Å². The molecule has 0 aliphatic carbocycles. The van der Waals surface area contributed by atoms with Crippen LogP contribution in [0.4, 0.5) is 0 Å². The molecule has 5 nitrogen and oxygen atoms in total. The van der Waals surface area contributed by atoms with Crippen molar-refractivity contribution in [2.75, 3.05) is 13.1 Å². The van der Waals surface area contributed by atoms with E-state index in [1.165, 1.54) is 0 Å². The van der Waals surface area contributed by atoms with Crippen LogP contribution in [-0.2, 0) is 9.59 Å². The summed E-state index contributed by atoms with van der Waals surface area (Å²) in [5.41, 5.74) is 0. The minimum atomic E-state index is -0.752. The van der Waals surface area contributed by atoms with Gasteiger partial charge in [-0.3, -0.25) is 14.5 Å². The van der Waals surface area contributed by atoms with Gasteiger partial charge in [0.1, 0.15) is 0 Å². The zero-order valence-electron chi connectivity index (χ0n) is 12.6. The fourth-order valence-corrected chi connectivity index (χ4v) is 2.54.